The van der Waals surface area contributed by atoms with Gasteiger partial charge in [0.2, 0.25) is 5.43 Å². The molecule has 8 nitrogen and oxygen atoms in total. The summed E-state index contributed by atoms with van der Waals surface area (Å²) in [6.45, 7) is 5.45. The molecule has 6 rings (SSSR count). The SMILES string of the molecule is Cc1ncsc1C#Cc1cccc2oc(C(C)NC(=O)c3c(C)nn4cccnc34)c(-c3ccccc3)c(=O)c12. The van der Waals surface area contributed by atoms with Crippen LogP contribution in [0.1, 0.15) is 50.9 Å². The highest BCUT2D eigenvalue weighted by molar-refractivity contribution is 7.10. The van der Waals surface area contributed by atoms with Crippen LogP contribution in [0.3, 0.4) is 0 Å². The normalized spacial score (nSPS) is 11.8. The fraction of sp³-hybridized carbons (Fsp3) is 0.129. The number of nitrogens with one attached hydrogen (secondary N) is 1. The van der Waals surface area contributed by atoms with Gasteiger partial charge in [-0.15, -0.1) is 11.3 Å². The molecule has 0 radical (unpaired) electrons. The van der Waals surface area contributed by atoms with Crippen molar-refractivity contribution >= 4 is 33.9 Å². The quantitative estimate of drug-likeness (QED) is 0.295. The molecule has 0 aliphatic rings. The number of hydrogen-bond acceptors (Lipinski definition) is 7. The van der Waals surface area contributed by atoms with Crippen molar-refractivity contribution in [2.45, 2.75) is 26.8 Å². The third kappa shape index (κ3) is 4.44. The van der Waals surface area contributed by atoms with Gasteiger partial charge >= 0.3 is 0 Å². The van der Waals surface area contributed by atoms with Gasteiger partial charge in [0.1, 0.15) is 16.9 Å². The van der Waals surface area contributed by atoms with Gasteiger partial charge in [0, 0.05) is 18.0 Å². The van der Waals surface area contributed by atoms with Crippen molar-refractivity contribution < 1.29 is 9.21 Å². The van der Waals surface area contributed by atoms with E-state index in [1.165, 1.54) is 11.3 Å². The highest BCUT2D eigenvalue weighted by atomic mass is 32.1. The monoisotopic (exact) mass is 545 g/mol. The standard InChI is InChI=1S/C31H23N5O3S/c1-18-24(40-17-33-18)14-13-22-11-7-12-23-26(22)28(37)27(21-9-5-4-6-10-21)29(39-23)20(3)34-31(38)25-19(2)35-36-16-8-15-32-30(25)36/h4-12,15-17,20H,1-3H3,(H,34,38). The summed E-state index contributed by atoms with van der Waals surface area (Å²) in [6.07, 6.45) is 3.35. The van der Waals surface area contributed by atoms with Gasteiger partial charge in [-0.3, -0.25) is 9.59 Å². The second-order valence-electron chi connectivity index (χ2n) is 9.28. The topological polar surface area (TPSA) is 102 Å². The zero-order valence-corrected chi connectivity index (χ0v) is 22.7. The summed E-state index contributed by atoms with van der Waals surface area (Å²) in [7, 11) is 0. The summed E-state index contributed by atoms with van der Waals surface area (Å²) in [5, 5.41) is 7.78. The van der Waals surface area contributed by atoms with Crippen LogP contribution >= 0.6 is 11.3 Å². The van der Waals surface area contributed by atoms with Crippen LogP contribution in [0.2, 0.25) is 0 Å². The van der Waals surface area contributed by atoms with Gasteiger partial charge in [0.25, 0.3) is 5.91 Å². The Kier molecular flexibility index (Phi) is 6.46. The highest BCUT2D eigenvalue weighted by Crippen LogP contribution is 2.30. The predicted molar refractivity (Wildman–Crippen MR) is 154 cm³/mol. The zero-order valence-electron chi connectivity index (χ0n) is 21.9. The van der Waals surface area contributed by atoms with Gasteiger partial charge in [-0.25, -0.2) is 14.5 Å². The molecule has 1 amide bonds. The number of fused-ring (bicyclic) bond motifs is 2. The summed E-state index contributed by atoms with van der Waals surface area (Å²) in [5.41, 5.74) is 5.75. The third-order valence-electron chi connectivity index (χ3n) is 6.60. The lowest BCUT2D eigenvalue weighted by Gasteiger charge is -2.18. The predicted octanol–water partition coefficient (Wildman–Crippen LogP) is 5.47. The molecule has 2 aromatic carbocycles. The lowest BCUT2D eigenvalue weighted by Crippen LogP contribution is -2.28. The summed E-state index contributed by atoms with van der Waals surface area (Å²) < 4.78 is 7.96. The number of rotatable bonds is 4. The van der Waals surface area contributed by atoms with Crippen molar-refractivity contribution in [3.63, 3.8) is 0 Å². The highest BCUT2D eigenvalue weighted by Gasteiger charge is 2.26. The van der Waals surface area contributed by atoms with Gasteiger partial charge in [-0.1, -0.05) is 42.3 Å². The summed E-state index contributed by atoms with van der Waals surface area (Å²) in [4.78, 5) is 37.0. The molecule has 0 spiro atoms. The number of carbonyl (C=O) groups excluding carboxylic acids is 1. The van der Waals surface area contributed by atoms with Gasteiger partial charge in [0.15, 0.2) is 5.65 Å². The largest absolute Gasteiger partial charge is 0.458 e. The van der Waals surface area contributed by atoms with Crippen molar-refractivity contribution in [3.8, 4) is 23.0 Å². The van der Waals surface area contributed by atoms with Crippen LogP contribution < -0.4 is 10.7 Å². The molecule has 9 heteroatoms. The number of benzene rings is 2. The first kappa shape index (κ1) is 25.2. The van der Waals surface area contributed by atoms with Crippen LogP contribution in [-0.4, -0.2) is 25.5 Å². The van der Waals surface area contributed by atoms with Crippen molar-refractivity contribution in [1.29, 1.82) is 0 Å². The Labute approximate surface area is 233 Å². The number of aromatic nitrogens is 4. The van der Waals surface area contributed by atoms with E-state index in [0.717, 1.165) is 10.6 Å². The molecule has 1 atom stereocenters. The molecule has 1 N–H and O–H groups in total. The van der Waals surface area contributed by atoms with Crippen molar-refractivity contribution in [2.75, 3.05) is 0 Å². The van der Waals surface area contributed by atoms with Crippen LogP contribution in [0.25, 0.3) is 27.7 Å². The smallest absolute Gasteiger partial charge is 0.257 e. The molecule has 4 heterocycles. The maximum absolute atomic E-state index is 14.2. The molecule has 0 aliphatic carbocycles. The Morgan fingerprint density at radius 1 is 1.02 bits per heavy atom. The molecule has 0 bridgehead atoms. The van der Waals surface area contributed by atoms with Crippen molar-refractivity contribution in [1.82, 2.24) is 24.9 Å². The average Bonchev–Trinajstić information content (AvgIpc) is 3.53. The van der Waals surface area contributed by atoms with Gasteiger partial charge in [-0.2, -0.15) is 5.10 Å². The third-order valence-corrected chi connectivity index (χ3v) is 7.45. The molecule has 196 valence electrons. The van der Waals surface area contributed by atoms with E-state index in [1.54, 1.807) is 54.5 Å². The lowest BCUT2D eigenvalue weighted by molar-refractivity contribution is 0.0936. The maximum atomic E-state index is 14.2. The van der Waals surface area contributed by atoms with E-state index in [2.05, 4.69) is 32.2 Å². The molecule has 6 aromatic rings. The van der Waals surface area contributed by atoms with E-state index in [0.29, 0.717) is 50.3 Å². The molecule has 0 fully saturated rings. The first-order valence-corrected chi connectivity index (χ1v) is 13.5. The van der Waals surface area contributed by atoms with Gasteiger partial charge in [0.05, 0.1) is 38.8 Å². The first-order chi connectivity index (χ1) is 19.4. The number of amides is 1. The van der Waals surface area contributed by atoms with Crippen LogP contribution in [0.4, 0.5) is 0 Å². The molecule has 4 aromatic heterocycles. The first-order valence-electron chi connectivity index (χ1n) is 12.6. The number of aryl methyl sites for hydroxylation is 2. The maximum Gasteiger partial charge on any atom is 0.257 e. The van der Waals surface area contributed by atoms with Gasteiger partial charge in [-0.05, 0) is 50.5 Å². The number of hydrogen-bond donors (Lipinski definition) is 1. The van der Waals surface area contributed by atoms with E-state index < -0.39 is 6.04 Å². The fourth-order valence-electron chi connectivity index (χ4n) is 4.69. The molecule has 1 unspecified atom stereocenters. The van der Waals surface area contributed by atoms with Crippen LogP contribution in [0.5, 0.6) is 0 Å². The summed E-state index contributed by atoms with van der Waals surface area (Å²) in [6, 6.07) is 15.8. The van der Waals surface area contributed by atoms with E-state index >= 15 is 0 Å². The van der Waals surface area contributed by atoms with Crippen LogP contribution in [-0.2, 0) is 0 Å². The summed E-state index contributed by atoms with van der Waals surface area (Å²) in [5.74, 6) is 6.28. The number of thiazole rings is 1. The van der Waals surface area contributed by atoms with E-state index in [4.69, 9.17) is 4.42 Å². The minimum atomic E-state index is -0.646. The van der Waals surface area contributed by atoms with Crippen molar-refractivity contribution in [3.05, 3.63) is 116 Å². The molecule has 0 saturated carbocycles. The second kappa shape index (κ2) is 10.2. The Morgan fingerprint density at radius 2 is 1.85 bits per heavy atom. The van der Waals surface area contributed by atoms with Crippen LogP contribution in [0, 0.1) is 25.7 Å². The minimum Gasteiger partial charge on any atom is -0.458 e. The Balaban J connectivity index is 1.48. The minimum absolute atomic E-state index is 0.219. The second-order valence-corrected chi connectivity index (χ2v) is 10.1. The van der Waals surface area contributed by atoms with E-state index in [1.807, 2.05) is 43.3 Å². The summed E-state index contributed by atoms with van der Waals surface area (Å²) >= 11 is 1.45. The molecule has 0 saturated heterocycles. The fourth-order valence-corrected chi connectivity index (χ4v) is 5.34. The Bertz CT molecular complexity index is 2030. The lowest BCUT2D eigenvalue weighted by atomic mass is 9.97. The van der Waals surface area contributed by atoms with Gasteiger partial charge < -0.3 is 9.73 Å². The average molecular weight is 546 g/mol. The number of carbonyl (C=O) groups is 1. The Morgan fingerprint density at radius 3 is 2.62 bits per heavy atom. The molecular weight excluding hydrogens is 522 g/mol. The molecular formula is C31H23N5O3S. The van der Waals surface area contributed by atoms with Crippen LogP contribution in [0.15, 0.2) is 81.7 Å². The Hall–Kier alpha value is -5.07. The number of nitrogens with zero attached hydrogens (tertiary/aromatic N) is 4. The molecule has 40 heavy (non-hydrogen) atoms. The zero-order chi connectivity index (χ0) is 27.8. The van der Waals surface area contributed by atoms with E-state index in [-0.39, 0.29) is 11.3 Å². The van der Waals surface area contributed by atoms with E-state index in [9.17, 15) is 9.59 Å². The van der Waals surface area contributed by atoms with Crippen molar-refractivity contribution in [2.24, 2.45) is 0 Å². The molecule has 0 aliphatic heterocycles.